The van der Waals surface area contributed by atoms with Crippen LogP contribution in [0.5, 0.6) is 0 Å². The van der Waals surface area contributed by atoms with Crippen molar-refractivity contribution in [3.63, 3.8) is 0 Å². The van der Waals surface area contributed by atoms with Crippen LogP contribution in [-0.4, -0.2) is 16.0 Å². The summed E-state index contributed by atoms with van der Waals surface area (Å²) in [6.45, 7) is 0. The van der Waals surface area contributed by atoms with Crippen molar-refractivity contribution in [3.05, 3.63) is 12.2 Å². The third kappa shape index (κ3) is 2.24. The summed E-state index contributed by atoms with van der Waals surface area (Å²) in [7, 11) is 0. The first kappa shape index (κ1) is 9.59. The number of carboxylic acids is 1. The highest BCUT2D eigenvalue weighted by Gasteiger charge is 2.34. The molecule has 0 spiro atoms. The summed E-state index contributed by atoms with van der Waals surface area (Å²) < 4.78 is 0. The largest absolute Gasteiger partial charge is 0.480 e. The molecule has 0 saturated heterocycles. The predicted octanol–water partition coefficient (Wildman–Crippen LogP) is 2.57. The molecule has 1 rings (SSSR count). The van der Waals surface area contributed by atoms with Crippen molar-refractivity contribution in [2.24, 2.45) is 0 Å². The number of carbonyl (C=O) groups is 1. The summed E-state index contributed by atoms with van der Waals surface area (Å²) in [6.07, 6.45) is 7.82. The van der Waals surface area contributed by atoms with Crippen LogP contribution in [0.1, 0.15) is 32.1 Å². The summed E-state index contributed by atoms with van der Waals surface area (Å²) in [5.41, 5.74) is 0. The molecular weight excluding hydrogens is 176 g/mol. The number of aliphatic carboxylic acids is 1. The van der Waals surface area contributed by atoms with Gasteiger partial charge in [-0.25, -0.2) is 0 Å². The van der Waals surface area contributed by atoms with Gasteiger partial charge >= 0.3 is 5.97 Å². The van der Waals surface area contributed by atoms with Crippen LogP contribution in [0.15, 0.2) is 12.2 Å². The number of rotatable bonds is 1. The van der Waals surface area contributed by atoms with Gasteiger partial charge in [0.25, 0.3) is 0 Å². The molecule has 0 bridgehead atoms. The van der Waals surface area contributed by atoms with Gasteiger partial charge in [-0.15, -0.1) is 11.6 Å². The van der Waals surface area contributed by atoms with Crippen molar-refractivity contribution in [2.45, 2.75) is 37.0 Å². The van der Waals surface area contributed by atoms with Crippen LogP contribution in [0.25, 0.3) is 0 Å². The van der Waals surface area contributed by atoms with E-state index in [1.54, 1.807) is 0 Å². The van der Waals surface area contributed by atoms with E-state index in [9.17, 15) is 4.79 Å². The lowest BCUT2D eigenvalue weighted by molar-refractivity contribution is -0.140. The molecule has 1 unspecified atom stereocenters. The highest BCUT2D eigenvalue weighted by molar-refractivity contribution is 6.33. The minimum atomic E-state index is -1.01. The van der Waals surface area contributed by atoms with Gasteiger partial charge in [-0.2, -0.15) is 0 Å². The lowest BCUT2D eigenvalue weighted by Gasteiger charge is -2.22. The topological polar surface area (TPSA) is 37.3 Å². The van der Waals surface area contributed by atoms with Crippen molar-refractivity contribution in [1.29, 1.82) is 0 Å². The standard InChI is InChI=1S/C9H13ClO2/c10-9(8(11)12)6-4-2-1-3-5-7-9/h1-2H,3-7H2,(H,11,12). The summed E-state index contributed by atoms with van der Waals surface area (Å²) in [4.78, 5) is 9.78. The first-order valence-corrected chi connectivity index (χ1v) is 4.60. The molecule has 0 heterocycles. The van der Waals surface area contributed by atoms with E-state index in [-0.39, 0.29) is 0 Å². The van der Waals surface area contributed by atoms with Gasteiger partial charge < -0.3 is 5.11 Å². The molecule has 12 heavy (non-hydrogen) atoms. The Bertz CT molecular complexity index is 201. The maximum atomic E-state index is 10.8. The Morgan fingerprint density at radius 2 is 2.00 bits per heavy atom. The number of alkyl halides is 1. The zero-order valence-electron chi connectivity index (χ0n) is 6.92. The molecule has 1 aliphatic rings. The Labute approximate surface area is 77.2 Å². The molecule has 0 amide bonds. The zero-order valence-corrected chi connectivity index (χ0v) is 7.68. The molecule has 0 aromatic carbocycles. The second-order valence-electron chi connectivity index (χ2n) is 3.17. The molecule has 1 atom stereocenters. The van der Waals surface area contributed by atoms with E-state index in [4.69, 9.17) is 16.7 Å². The average molecular weight is 189 g/mol. The summed E-state index contributed by atoms with van der Waals surface area (Å²) in [5, 5.41) is 8.86. The first-order valence-electron chi connectivity index (χ1n) is 4.22. The summed E-state index contributed by atoms with van der Waals surface area (Å²) in [6, 6.07) is 0. The molecule has 0 aromatic heterocycles. The van der Waals surface area contributed by atoms with Gasteiger partial charge in [0.1, 0.15) is 4.87 Å². The van der Waals surface area contributed by atoms with E-state index in [1.165, 1.54) is 0 Å². The number of hydrogen-bond donors (Lipinski definition) is 1. The van der Waals surface area contributed by atoms with Crippen molar-refractivity contribution >= 4 is 17.6 Å². The van der Waals surface area contributed by atoms with Crippen LogP contribution < -0.4 is 0 Å². The van der Waals surface area contributed by atoms with E-state index in [2.05, 4.69) is 6.08 Å². The van der Waals surface area contributed by atoms with Crippen LogP contribution in [0, 0.1) is 0 Å². The van der Waals surface area contributed by atoms with Crippen LogP contribution in [0.4, 0.5) is 0 Å². The smallest absolute Gasteiger partial charge is 0.324 e. The fraction of sp³-hybridized carbons (Fsp3) is 0.667. The average Bonchev–Trinajstić information content (AvgIpc) is 1.97. The van der Waals surface area contributed by atoms with E-state index < -0.39 is 10.8 Å². The van der Waals surface area contributed by atoms with Gasteiger partial charge in [0.2, 0.25) is 0 Å². The fourth-order valence-electron chi connectivity index (χ4n) is 1.39. The number of halogens is 1. The molecule has 0 fully saturated rings. The minimum absolute atomic E-state index is 0.542. The Kier molecular flexibility index (Phi) is 3.15. The van der Waals surface area contributed by atoms with Gasteiger partial charge in [-0.3, -0.25) is 4.79 Å². The molecule has 3 heteroatoms. The number of hydrogen-bond acceptors (Lipinski definition) is 1. The maximum absolute atomic E-state index is 10.8. The van der Waals surface area contributed by atoms with Gasteiger partial charge in [-0.05, 0) is 32.1 Å². The predicted molar refractivity (Wildman–Crippen MR) is 48.4 cm³/mol. The van der Waals surface area contributed by atoms with Gasteiger partial charge in [0, 0.05) is 0 Å². The normalized spacial score (nSPS) is 30.8. The molecule has 0 saturated carbocycles. The highest BCUT2D eigenvalue weighted by atomic mass is 35.5. The molecule has 0 aliphatic heterocycles. The molecule has 68 valence electrons. The number of carboxylic acid groups (broad SMARTS) is 1. The van der Waals surface area contributed by atoms with Gasteiger partial charge in [0.15, 0.2) is 0 Å². The van der Waals surface area contributed by atoms with E-state index in [0.29, 0.717) is 12.8 Å². The molecule has 1 aliphatic carbocycles. The van der Waals surface area contributed by atoms with Crippen LogP contribution >= 0.6 is 11.6 Å². The van der Waals surface area contributed by atoms with E-state index >= 15 is 0 Å². The molecule has 1 N–H and O–H groups in total. The maximum Gasteiger partial charge on any atom is 0.324 e. The highest BCUT2D eigenvalue weighted by Crippen LogP contribution is 2.30. The van der Waals surface area contributed by atoms with Crippen LogP contribution in [0.2, 0.25) is 0 Å². The Balaban J connectivity index is 2.63. The van der Waals surface area contributed by atoms with E-state index in [0.717, 1.165) is 19.3 Å². The SMILES string of the molecule is O=C(O)C1(Cl)CCC=CCCC1. The lowest BCUT2D eigenvalue weighted by Crippen LogP contribution is -2.32. The van der Waals surface area contributed by atoms with E-state index in [1.807, 2.05) is 6.08 Å². The third-order valence-electron chi connectivity index (χ3n) is 2.20. The summed E-state index contributed by atoms with van der Waals surface area (Å²) in [5.74, 6) is -0.875. The molecular formula is C9H13ClO2. The molecule has 0 radical (unpaired) electrons. The Hall–Kier alpha value is -0.500. The molecule has 0 aromatic rings. The van der Waals surface area contributed by atoms with Crippen LogP contribution in [-0.2, 0) is 4.79 Å². The second kappa shape index (κ2) is 3.94. The quantitative estimate of drug-likeness (QED) is 0.507. The lowest BCUT2D eigenvalue weighted by atomic mass is 9.93. The van der Waals surface area contributed by atoms with Crippen molar-refractivity contribution in [2.75, 3.05) is 0 Å². The number of allylic oxidation sites excluding steroid dienone is 2. The fourth-order valence-corrected chi connectivity index (χ4v) is 1.63. The monoisotopic (exact) mass is 188 g/mol. The Morgan fingerprint density at radius 1 is 1.33 bits per heavy atom. The minimum Gasteiger partial charge on any atom is -0.480 e. The Morgan fingerprint density at radius 3 is 2.67 bits per heavy atom. The first-order chi connectivity index (χ1) is 5.65. The van der Waals surface area contributed by atoms with Gasteiger partial charge in [0.05, 0.1) is 0 Å². The van der Waals surface area contributed by atoms with Crippen molar-refractivity contribution in [3.8, 4) is 0 Å². The molecule has 2 nitrogen and oxygen atoms in total. The van der Waals surface area contributed by atoms with Crippen LogP contribution in [0.3, 0.4) is 0 Å². The third-order valence-corrected chi connectivity index (χ3v) is 2.74. The second-order valence-corrected chi connectivity index (χ2v) is 3.90. The van der Waals surface area contributed by atoms with Gasteiger partial charge in [-0.1, -0.05) is 12.2 Å². The zero-order chi connectivity index (χ0) is 9.03. The summed E-state index contributed by atoms with van der Waals surface area (Å²) >= 11 is 5.95. The van der Waals surface area contributed by atoms with Crippen molar-refractivity contribution in [1.82, 2.24) is 0 Å². The van der Waals surface area contributed by atoms with Crippen molar-refractivity contribution < 1.29 is 9.90 Å².